The lowest BCUT2D eigenvalue weighted by Gasteiger charge is -2.40. The second kappa shape index (κ2) is 2.24. The first-order valence-corrected chi connectivity index (χ1v) is 4.76. The van der Waals surface area contributed by atoms with Crippen LogP contribution in [0.4, 0.5) is 0 Å². The highest BCUT2D eigenvalue weighted by atomic mass is 16.5. The monoisotopic (exact) mass is 168 g/mol. The van der Waals surface area contributed by atoms with Gasteiger partial charge in [-0.05, 0) is 19.8 Å². The van der Waals surface area contributed by atoms with E-state index in [9.17, 15) is 4.79 Å². The van der Waals surface area contributed by atoms with Crippen LogP contribution in [0.5, 0.6) is 0 Å². The van der Waals surface area contributed by atoms with Gasteiger partial charge in [0.1, 0.15) is 0 Å². The zero-order valence-electron chi connectivity index (χ0n) is 7.85. The van der Waals surface area contributed by atoms with Gasteiger partial charge in [0.2, 0.25) is 0 Å². The maximum atomic E-state index is 11.5. The second-order valence-corrected chi connectivity index (χ2v) is 4.68. The number of carbonyl (C=O) groups is 1. The summed E-state index contributed by atoms with van der Waals surface area (Å²) in [4.78, 5) is 11.5. The number of hydrogen-bond donors (Lipinski definition) is 0. The molecule has 0 aromatic rings. The molecule has 0 amide bonds. The van der Waals surface area contributed by atoms with Crippen LogP contribution in [0.15, 0.2) is 0 Å². The molecule has 1 saturated carbocycles. The summed E-state index contributed by atoms with van der Waals surface area (Å²) in [6.07, 6.45) is 4.60. The SMILES string of the molecule is CC12CCCCC1(C)C(=O)OC2. The molecule has 1 aliphatic heterocycles. The predicted molar refractivity (Wildman–Crippen MR) is 45.6 cm³/mol. The molecule has 0 aromatic carbocycles. The van der Waals surface area contributed by atoms with E-state index in [0.717, 1.165) is 12.8 Å². The molecule has 0 bridgehead atoms. The van der Waals surface area contributed by atoms with Crippen molar-refractivity contribution in [2.75, 3.05) is 6.61 Å². The van der Waals surface area contributed by atoms with E-state index in [-0.39, 0.29) is 16.8 Å². The van der Waals surface area contributed by atoms with Crippen LogP contribution < -0.4 is 0 Å². The predicted octanol–water partition coefficient (Wildman–Crippen LogP) is 2.13. The van der Waals surface area contributed by atoms with Gasteiger partial charge >= 0.3 is 5.97 Å². The van der Waals surface area contributed by atoms with Gasteiger partial charge in [0.25, 0.3) is 0 Å². The molecule has 2 fully saturated rings. The molecule has 1 aliphatic carbocycles. The van der Waals surface area contributed by atoms with Gasteiger partial charge in [0.05, 0.1) is 12.0 Å². The van der Waals surface area contributed by atoms with Gasteiger partial charge in [-0.1, -0.05) is 19.8 Å². The molecule has 1 heterocycles. The Balaban J connectivity index is 2.35. The van der Waals surface area contributed by atoms with Crippen molar-refractivity contribution in [3.05, 3.63) is 0 Å². The highest BCUT2D eigenvalue weighted by Crippen LogP contribution is 2.54. The van der Waals surface area contributed by atoms with E-state index in [0.29, 0.717) is 6.61 Å². The molecule has 0 aromatic heterocycles. The molecule has 2 heteroatoms. The van der Waals surface area contributed by atoms with Gasteiger partial charge in [0.15, 0.2) is 0 Å². The van der Waals surface area contributed by atoms with E-state index in [1.54, 1.807) is 0 Å². The summed E-state index contributed by atoms with van der Waals surface area (Å²) in [7, 11) is 0. The molecule has 2 aliphatic rings. The molecule has 0 spiro atoms. The summed E-state index contributed by atoms with van der Waals surface area (Å²) in [5, 5.41) is 0. The molecule has 2 nitrogen and oxygen atoms in total. The van der Waals surface area contributed by atoms with E-state index in [1.165, 1.54) is 12.8 Å². The van der Waals surface area contributed by atoms with Crippen molar-refractivity contribution in [2.24, 2.45) is 10.8 Å². The highest BCUT2D eigenvalue weighted by Gasteiger charge is 2.57. The minimum atomic E-state index is -0.175. The number of hydrogen-bond acceptors (Lipinski definition) is 2. The quantitative estimate of drug-likeness (QED) is 0.518. The zero-order valence-corrected chi connectivity index (χ0v) is 7.85. The van der Waals surface area contributed by atoms with Crippen LogP contribution in [0.25, 0.3) is 0 Å². The van der Waals surface area contributed by atoms with Crippen LogP contribution >= 0.6 is 0 Å². The molecule has 0 radical (unpaired) electrons. The van der Waals surface area contributed by atoms with Gasteiger partial charge in [0, 0.05) is 5.41 Å². The molecule has 2 atom stereocenters. The third kappa shape index (κ3) is 0.782. The van der Waals surface area contributed by atoms with Crippen molar-refractivity contribution < 1.29 is 9.53 Å². The van der Waals surface area contributed by atoms with E-state index < -0.39 is 0 Å². The maximum absolute atomic E-state index is 11.5. The summed E-state index contributed by atoms with van der Waals surface area (Å²) in [5.41, 5.74) is -0.0480. The summed E-state index contributed by atoms with van der Waals surface area (Å²) in [5.74, 6) is 0.0321. The average Bonchev–Trinajstić information content (AvgIpc) is 2.28. The van der Waals surface area contributed by atoms with Crippen LogP contribution in [0.3, 0.4) is 0 Å². The fraction of sp³-hybridized carbons (Fsp3) is 0.900. The highest BCUT2D eigenvalue weighted by molar-refractivity contribution is 5.79. The third-order valence-electron chi connectivity index (χ3n) is 3.96. The molecule has 0 N–H and O–H groups in total. The van der Waals surface area contributed by atoms with Crippen LogP contribution in [0.2, 0.25) is 0 Å². The van der Waals surface area contributed by atoms with Crippen LogP contribution in [0, 0.1) is 10.8 Å². The number of cyclic esters (lactones) is 1. The van der Waals surface area contributed by atoms with Gasteiger partial charge < -0.3 is 4.74 Å². The number of carbonyl (C=O) groups excluding carboxylic acids is 1. The van der Waals surface area contributed by atoms with Crippen molar-refractivity contribution >= 4 is 5.97 Å². The first-order chi connectivity index (χ1) is 5.58. The van der Waals surface area contributed by atoms with Crippen molar-refractivity contribution in [1.29, 1.82) is 0 Å². The van der Waals surface area contributed by atoms with Gasteiger partial charge in [-0.15, -0.1) is 0 Å². The number of fused-ring (bicyclic) bond motifs is 1. The number of ether oxygens (including phenoxy) is 1. The Labute approximate surface area is 73.3 Å². The first kappa shape index (κ1) is 8.09. The molecular weight excluding hydrogens is 152 g/mol. The van der Waals surface area contributed by atoms with Crippen molar-refractivity contribution in [3.8, 4) is 0 Å². The summed E-state index contributed by atoms with van der Waals surface area (Å²) in [6, 6.07) is 0. The largest absolute Gasteiger partial charge is 0.465 e. The lowest BCUT2D eigenvalue weighted by Crippen LogP contribution is -2.41. The second-order valence-electron chi connectivity index (χ2n) is 4.68. The van der Waals surface area contributed by atoms with Crippen molar-refractivity contribution in [3.63, 3.8) is 0 Å². The average molecular weight is 168 g/mol. The molecule has 2 unspecified atom stereocenters. The molecule has 1 saturated heterocycles. The summed E-state index contributed by atoms with van der Waals surface area (Å²) in [6.45, 7) is 4.90. The van der Waals surface area contributed by atoms with E-state index in [4.69, 9.17) is 4.74 Å². The minimum Gasteiger partial charge on any atom is -0.465 e. The van der Waals surface area contributed by atoms with Gasteiger partial charge in [-0.25, -0.2) is 0 Å². The van der Waals surface area contributed by atoms with E-state index in [2.05, 4.69) is 13.8 Å². The Morgan fingerprint density at radius 3 is 2.58 bits per heavy atom. The third-order valence-corrected chi connectivity index (χ3v) is 3.96. The fourth-order valence-corrected chi connectivity index (χ4v) is 2.54. The Morgan fingerprint density at radius 1 is 1.25 bits per heavy atom. The van der Waals surface area contributed by atoms with E-state index >= 15 is 0 Å². The summed E-state index contributed by atoms with van der Waals surface area (Å²) < 4.78 is 5.17. The zero-order chi connectivity index (χ0) is 8.82. The normalized spacial score (nSPS) is 47.0. The molecular formula is C10H16O2. The summed E-state index contributed by atoms with van der Waals surface area (Å²) >= 11 is 0. The molecule has 68 valence electrons. The van der Waals surface area contributed by atoms with Gasteiger partial charge in [-0.2, -0.15) is 0 Å². The maximum Gasteiger partial charge on any atom is 0.312 e. The lowest BCUT2D eigenvalue weighted by atomic mass is 9.59. The van der Waals surface area contributed by atoms with Crippen LogP contribution in [-0.4, -0.2) is 12.6 Å². The first-order valence-electron chi connectivity index (χ1n) is 4.76. The van der Waals surface area contributed by atoms with Crippen LogP contribution in [-0.2, 0) is 9.53 Å². The topological polar surface area (TPSA) is 26.3 Å². The Kier molecular flexibility index (Phi) is 1.51. The number of rotatable bonds is 0. The lowest BCUT2D eigenvalue weighted by molar-refractivity contribution is -0.147. The Bertz CT molecular complexity index is 224. The fourth-order valence-electron chi connectivity index (χ4n) is 2.54. The van der Waals surface area contributed by atoms with Crippen molar-refractivity contribution in [1.82, 2.24) is 0 Å². The van der Waals surface area contributed by atoms with Crippen molar-refractivity contribution in [2.45, 2.75) is 39.5 Å². The van der Waals surface area contributed by atoms with Gasteiger partial charge in [-0.3, -0.25) is 4.79 Å². The standard InChI is InChI=1S/C10H16O2/c1-9-5-3-4-6-10(9,2)8(11)12-7-9/h3-7H2,1-2H3. The van der Waals surface area contributed by atoms with Crippen LogP contribution in [0.1, 0.15) is 39.5 Å². The Hall–Kier alpha value is -0.530. The smallest absolute Gasteiger partial charge is 0.312 e. The minimum absolute atomic E-state index is 0.0321. The molecule has 12 heavy (non-hydrogen) atoms. The Morgan fingerprint density at radius 2 is 1.92 bits per heavy atom. The number of esters is 1. The van der Waals surface area contributed by atoms with E-state index in [1.807, 2.05) is 0 Å². The molecule has 2 rings (SSSR count).